The highest BCUT2D eigenvalue weighted by atomic mass is 32.2. The number of piperazine rings is 1. The third-order valence-corrected chi connectivity index (χ3v) is 7.45. The molecule has 3 rings (SSSR count). The number of carbonyl (C=O) groups excluding carboxylic acids is 1. The topological polar surface area (TPSA) is 76.2 Å². The van der Waals surface area contributed by atoms with E-state index in [1.807, 2.05) is 0 Å². The fraction of sp³-hybridized carbons (Fsp3) is 0.632. The van der Waals surface area contributed by atoms with E-state index in [9.17, 15) is 17.6 Å². The van der Waals surface area contributed by atoms with E-state index in [2.05, 4.69) is 0 Å². The van der Waals surface area contributed by atoms with Gasteiger partial charge in [0.05, 0.1) is 17.8 Å². The number of halogens is 1. The standard InChI is InChI=1S/C19H27FN2O5S/c1-26-14-15-28(24,25)22-10-8-21(9-11-22)18(23)19(6-12-27-13-7-19)16-2-4-17(20)5-3-16/h2-5H,6-15H2,1H3. The van der Waals surface area contributed by atoms with Crippen LogP contribution in [0.2, 0.25) is 0 Å². The molecule has 0 N–H and O–H groups in total. The average molecular weight is 414 g/mol. The average Bonchev–Trinajstić information content (AvgIpc) is 2.73. The zero-order valence-corrected chi connectivity index (χ0v) is 16.9. The Morgan fingerprint density at radius 1 is 1.14 bits per heavy atom. The van der Waals surface area contributed by atoms with Gasteiger partial charge in [0.15, 0.2) is 0 Å². The van der Waals surface area contributed by atoms with Gasteiger partial charge in [0.1, 0.15) is 5.82 Å². The van der Waals surface area contributed by atoms with Gasteiger partial charge in [-0.3, -0.25) is 4.79 Å². The first kappa shape index (κ1) is 21.2. The highest BCUT2D eigenvalue weighted by Gasteiger charge is 2.45. The largest absolute Gasteiger partial charge is 0.384 e. The van der Waals surface area contributed by atoms with Crippen molar-refractivity contribution >= 4 is 15.9 Å². The first-order valence-corrected chi connectivity index (χ1v) is 11.1. The Morgan fingerprint density at radius 2 is 1.75 bits per heavy atom. The Balaban J connectivity index is 1.74. The molecule has 2 aliphatic rings. The van der Waals surface area contributed by atoms with Crippen LogP contribution < -0.4 is 0 Å². The molecule has 156 valence electrons. The molecule has 9 heteroatoms. The van der Waals surface area contributed by atoms with Gasteiger partial charge in [-0.1, -0.05) is 12.1 Å². The zero-order valence-electron chi connectivity index (χ0n) is 16.1. The number of rotatable bonds is 6. The molecule has 2 heterocycles. The minimum absolute atomic E-state index is 0.0312. The lowest BCUT2D eigenvalue weighted by atomic mass is 9.73. The van der Waals surface area contributed by atoms with E-state index in [-0.39, 0.29) is 37.2 Å². The molecule has 1 aromatic rings. The van der Waals surface area contributed by atoms with Crippen LogP contribution in [0.25, 0.3) is 0 Å². The lowest BCUT2D eigenvalue weighted by Crippen LogP contribution is -2.57. The number of methoxy groups -OCH3 is 1. The summed E-state index contributed by atoms with van der Waals surface area (Å²) in [7, 11) is -1.92. The van der Waals surface area contributed by atoms with E-state index >= 15 is 0 Å². The lowest BCUT2D eigenvalue weighted by Gasteiger charge is -2.42. The smallest absolute Gasteiger partial charge is 0.233 e. The second-order valence-corrected chi connectivity index (χ2v) is 9.29. The second kappa shape index (κ2) is 8.86. The molecular formula is C19H27FN2O5S. The molecule has 7 nitrogen and oxygen atoms in total. The number of carbonyl (C=O) groups is 1. The Labute approximate surface area is 165 Å². The quantitative estimate of drug-likeness (QED) is 0.694. The first-order valence-electron chi connectivity index (χ1n) is 9.49. The van der Waals surface area contributed by atoms with Crippen molar-refractivity contribution in [2.75, 3.05) is 58.9 Å². The maximum atomic E-state index is 13.5. The normalized spacial score (nSPS) is 20.9. The highest BCUT2D eigenvalue weighted by molar-refractivity contribution is 7.89. The van der Waals surface area contributed by atoms with Gasteiger partial charge in [-0.15, -0.1) is 0 Å². The van der Waals surface area contributed by atoms with Crippen LogP contribution in [0.15, 0.2) is 24.3 Å². The minimum atomic E-state index is -3.38. The van der Waals surface area contributed by atoms with Crippen LogP contribution in [0.4, 0.5) is 4.39 Å². The summed E-state index contributed by atoms with van der Waals surface area (Å²) >= 11 is 0. The fourth-order valence-corrected chi connectivity index (χ4v) is 5.26. The molecule has 2 aliphatic heterocycles. The molecule has 0 aromatic heterocycles. The third kappa shape index (κ3) is 4.37. The lowest BCUT2D eigenvalue weighted by molar-refractivity contribution is -0.142. The van der Waals surface area contributed by atoms with Gasteiger partial charge in [0.2, 0.25) is 15.9 Å². The number of hydrogen-bond acceptors (Lipinski definition) is 5. The van der Waals surface area contributed by atoms with E-state index in [1.165, 1.54) is 23.5 Å². The van der Waals surface area contributed by atoms with Gasteiger partial charge in [0.25, 0.3) is 0 Å². The summed E-state index contributed by atoms with van der Waals surface area (Å²) in [5.74, 6) is -0.432. The molecule has 0 unspecified atom stereocenters. The maximum absolute atomic E-state index is 13.5. The van der Waals surface area contributed by atoms with Gasteiger partial charge in [-0.25, -0.2) is 12.8 Å². The second-order valence-electron chi connectivity index (χ2n) is 7.20. The molecule has 0 spiro atoms. The summed E-state index contributed by atoms with van der Waals surface area (Å²) in [5.41, 5.74) is 0.0422. The first-order chi connectivity index (χ1) is 13.4. The molecule has 28 heavy (non-hydrogen) atoms. The van der Waals surface area contributed by atoms with Gasteiger partial charge in [0, 0.05) is 46.5 Å². The van der Waals surface area contributed by atoms with Crippen molar-refractivity contribution in [3.8, 4) is 0 Å². The molecule has 2 fully saturated rings. The summed E-state index contributed by atoms with van der Waals surface area (Å²) in [5, 5.41) is 0. The van der Waals surface area contributed by atoms with Crippen LogP contribution in [0.5, 0.6) is 0 Å². The number of ether oxygens (including phenoxy) is 2. The zero-order chi connectivity index (χ0) is 20.2. The third-order valence-electron chi connectivity index (χ3n) is 5.62. The van der Waals surface area contributed by atoms with Crippen LogP contribution >= 0.6 is 0 Å². The fourth-order valence-electron chi connectivity index (χ4n) is 3.90. The highest BCUT2D eigenvalue weighted by Crippen LogP contribution is 2.37. The Morgan fingerprint density at radius 3 is 2.32 bits per heavy atom. The number of sulfonamides is 1. The minimum Gasteiger partial charge on any atom is -0.384 e. The molecule has 0 aliphatic carbocycles. The predicted octanol–water partition coefficient (Wildman–Crippen LogP) is 0.994. The van der Waals surface area contributed by atoms with E-state index in [4.69, 9.17) is 9.47 Å². The SMILES string of the molecule is COCCS(=O)(=O)N1CCN(C(=O)C2(c3ccc(F)cc3)CCOCC2)CC1. The van der Waals surface area contributed by atoms with Crippen molar-refractivity contribution in [1.29, 1.82) is 0 Å². The number of benzene rings is 1. The van der Waals surface area contributed by atoms with Gasteiger partial charge >= 0.3 is 0 Å². The van der Waals surface area contributed by atoms with Gasteiger partial charge < -0.3 is 14.4 Å². The van der Waals surface area contributed by atoms with Crippen molar-refractivity contribution in [1.82, 2.24) is 9.21 Å². The molecule has 2 saturated heterocycles. The summed E-state index contributed by atoms with van der Waals surface area (Å²) in [6, 6.07) is 6.09. The Kier molecular flexibility index (Phi) is 6.69. The van der Waals surface area contributed by atoms with Gasteiger partial charge in [-0.05, 0) is 30.5 Å². The Hall–Kier alpha value is -1.55. The van der Waals surface area contributed by atoms with Crippen LogP contribution in [-0.2, 0) is 29.7 Å². The molecule has 1 aromatic carbocycles. The molecule has 0 radical (unpaired) electrons. The maximum Gasteiger partial charge on any atom is 0.233 e. The number of nitrogens with zero attached hydrogens (tertiary/aromatic N) is 2. The van der Waals surface area contributed by atoms with Gasteiger partial charge in [-0.2, -0.15) is 4.31 Å². The van der Waals surface area contributed by atoms with Crippen LogP contribution in [0.3, 0.4) is 0 Å². The van der Waals surface area contributed by atoms with E-state index < -0.39 is 15.4 Å². The molecule has 0 atom stereocenters. The summed E-state index contributed by atoms with van der Waals surface area (Å²) in [6.45, 7) is 2.31. The van der Waals surface area contributed by atoms with Crippen LogP contribution in [0, 0.1) is 5.82 Å². The number of hydrogen-bond donors (Lipinski definition) is 0. The molecule has 0 bridgehead atoms. The summed E-state index contributed by atoms with van der Waals surface area (Å²) in [4.78, 5) is 15.2. The monoisotopic (exact) mass is 414 g/mol. The van der Waals surface area contributed by atoms with E-state index in [0.717, 1.165) is 5.56 Å². The van der Waals surface area contributed by atoms with Crippen molar-refractivity contribution < 1.29 is 27.1 Å². The molecule has 0 saturated carbocycles. The van der Waals surface area contributed by atoms with E-state index in [0.29, 0.717) is 39.1 Å². The summed E-state index contributed by atoms with van der Waals surface area (Å²) in [6.07, 6.45) is 1.06. The molecular weight excluding hydrogens is 387 g/mol. The van der Waals surface area contributed by atoms with Crippen molar-refractivity contribution in [3.05, 3.63) is 35.6 Å². The van der Waals surface area contributed by atoms with Crippen molar-refractivity contribution in [2.45, 2.75) is 18.3 Å². The Bertz CT molecular complexity index is 770. The van der Waals surface area contributed by atoms with Crippen LogP contribution in [0.1, 0.15) is 18.4 Å². The number of amides is 1. The van der Waals surface area contributed by atoms with Crippen molar-refractivity contribution in [2.24, 2.45) is 0 Å². The van der Waals surface area contributed by atoms with Crippen molar-refractivity contribution in [3.63, 3.8) is 0 Å². The van der Waals surface area contributed by atoms with E-state index in [1.54, 1.807) is 17.0 Å². The van der Waals surface area contributed by atoms with Crippen LogP contribution in [-0.4, -0.2) is 82.4 Å². The molecule has 1 amide bonds. The predicted molar refractivity (Wildman–Crippen MR) is 102 cm³/mol. The summed E-state index contributed by atoms with van der Waals surface area (Å²) < 4.78 is 49.8.